The fourth-order valence-corrected chi connectivity index (χ4v) is 1.51. The van der Waals surface area contributed by atoms with Gasteiger partial charge in [-0.2, -0.15) is 0 Å². The van der Waals surface area contributed by atoms with E-state index < -0.39 is 0 Å². The third kappa shape index (κ3) is 4.11. The van der Waals surface area contributed by atoms with Gasteiger partial charge in [-0.25, -0.2) is 0 Å². The highest BCUT2D eigenvalue weighted by molar-refractivity contribution is 14.1. The van der Waals surface area contributed by atoms with Gasteiger partial charge >= 0.3 is 0 Å². The van der Waals surface area contributed by atoms with Crippen molar-refractivity contribution in [2.45, 2.75) is 13.0 Å². The summed E-state index contributed by atoms with van der Waals surface area (Å²) in [5.74, 6) is 2.26. The molecule has 2 N–H and O–H groups in total. The molecule has 1 rings (SSSR count). The fraction of sp³-hybridized carbons (Fsp3) is 0.250. The minimum atomic E-state index is -0.298. The number of halogens is 1. The first-order valence-corrected chi connectivity index (χ1v) is 5.94. The zero-order valence-electron chi connectivity index (χ0n) is 8.96. The average molecular weight is 328 g/mol. The molecule has 4 heteroatoms. The topological polar surface area (TPSA) is 41.1 Å². The van der Waals surface area contributed by atoms with Crippen LogP contribution in [0.1, 0.15) is 6.92 Å². The van der Waals surface area contributed by atoms with Crippen LogP contribution >= 0.6 is 22.6 Å². The second-order valence-corrected chi connectivity index (χ2v) is 4.54. The predicted octanol–water partition coefficient (Wildman–Crippen LogP) is 1.84. The number of nitrogens with one attached hydrogen (secondary N) is 2. The summed E-state index contributed by atoms with van der Waals surface area (Å²) in [6, 6.07) is 7.54. The molecule has 3 nitrogen and oxygen atoms in total. The summed E-state index contributed by atoms with van der Waals surface area (Å²) in [6.45, 7) is 2.06. The van der Waals surface area contributed by atoms with E-state index in [4.69, 9.17) is 6.42 Å². The van der Waals surface area contributed by atoms with E-state index in [9.17, 15) is 4.79 Å². The maximum atomic E-state index is 11.5. The van der Waals surface area contributed by atoms with Crippen LogP contribution in [0, 0.1) is 15.9 Å². The van der Waals surface area contributed by atoms with Gasteiger partial charge in [0.05, 0.1) is 6.54 Å². The summed E-state index contributed by atoms with van der Waals surface area (Å²) in [6.07, 6.45) is 5.06. The highest BCUT2D eigenvalue weighted by atomic mass is 127. The van der Waals surface area contributed by atoms with Gasteiger partial charge in [0.2, 0.25) is 5.91 Å². The summed E-state index contributed by atoms with van der Waals surface area (Å²) < 4.78 is 1.16. The number of carbonyl (C=O) groups excluding carboxylic acids is 1. The first-order chi connectivity index (χ1) is 7.63. The minimum Gasteiger partial charge on any atom is -0.374 e. The summed E-state index contributed by atoms with van der Waals surface area (Å²) in [5.41, 5.74) is 0.920. The Bertz CT molecular complexity index is 394. The van der Waals surface area contributed by atoms with Crippen molar-refractivity contribution in [3.63, 3.8) is 0 Å². The number of hydrogen-bond acceptors (Lipinski definition) is 2. The van der Waals surface area contributed by atoms with Gasteiger partial charge in [-0.05, 0) is 53.8 Å². The van der Waals surface area contributed by atoms with Gasteiger partial charge in [0, 0.05) is 9.26 Å². The molecule has 0 saturated carbocycles. The maximum absolute atomic E-state index is 11.5. The van der Waals surface area contributed by atoms with Crippen molar-refractivity contribution in [2.24, 2.45) is 0 Å². The van der Waals surface area contributed by atoms with Crippen molar-refractivity contribution in [1.29, 1.82) is 0 Å². The number of anilines is 1. The molecule has 84 valence electrons. The van der Waals surface area contributed by atoms with Crippen molar-refractivity contribution >= 4 is 34.2 Å². The lowest BCUT2D eigenvalue weighted by atomic mass is 10.2. The van der Waals surface area contributed by atoms with Gasteiger partial charge in [0.25, 0.3) is 0 Å². The van der Waals surface area contributed by atoms with Crippen LogP contribution in [0.25, 0.3) is 0 Å². The molecule has 0 aromatic heterocycles. The molecule has 1 aromatic carbocycles. The molecule has 0 fully saturated rings. The van der Waals surface area contributed by atoms with Crippen molar-refractivity contribution in [1.82, 2.24) is 5.32 Å². The van der Waals surface area contributed by atoms with Crippen LogP contribution in [0.15, 0.2) is 24.3 Å². The molecule has 1 atom stereocenters. The van der Waals surface area contributed by atoms with E-state index in [2.05, 4.69) is 39.1 Å². The molecule has 0 heterocycles. The number of carbonyl (C=O) groups is 1. The fourth-order valence-electron chi connectivity index (χ4n) is 1.15. The normalized spacial score (nSPS) is 11.3. The van der Waals surface area contributed by atoms with Crippen LogP contribution in [0.4, 0.5) is 5.69 Å². The highest BCUT2D eigenvalue weighted by Crippen LogP contribution is 2.11. The van der Waals surface area contributed by atoms with E-state index in [1.807, 2.05) is 24.3 Å². The lowest BCUT2D eigenvalue weighted by Crippen LogP contribution is -2.37. The number of hydrogen-bond donors (Lipinski definition) is 2. The monoisotopic (exact) mass is 328 g/mol. The summed E-state index contributed by atoms with van der Waals surface area (Å²) in [7, 11) is 0. The Labute approximate surface area is 109 Å². The molecular formula is C12H13IN2O. The SMILES string of the molecule is C#CCNC(=O)C(C)Nc1ccc(I)cc1. The molecule has 16 heavy (non-hydrogen) atoms. The largest absolute Gasteiger partial charge is 0.374 e. The maximum Gasteiger partial charge on any atom is 0.242 e. The van der Waals surface area contributed by atoms with Crippen LogP contribution in [-0.4, -0.2) is 18.5 Å². The second kappa shape index (κ2) is 6.38. The van der Waals surface area contributed by atoms with Crippen LogP contribution in [0.3, 0.4) is 0 Å². The van der Waals surface area contributed by atoms with E-state index in [1.165, 1.54) is 0 Å². The van der Waals surface area contributed by atoms with Crippen LogP contribution in [-0.2, 0) is 4.79 Å². The Morgan fingerprint density at radius 2 is 2.12 bits per heavy atom. The summed E-state index contributed by atoms with van der Waals surface area (Å²) in [4.78, 5) is 11.5. The van der Waals surface area contributed by atoms with Gasteiger partial charge in [0.1, 0.15) is 6.04 Å². The Morgan fingerprint density at radius 1 is 1.50 bits per heavy atom. The van der Waals surface area contributed by atoms with Crippen molar-refractivity contribution in [3.8, 4) is 12.3 Å². The van der Waals surface area contributed by atoms with E-state index in [1.54, 1.807) is 6.92 Å². The van der Waals surface area contributed by atoms with Crippen LogP contribution in [0.2, 0.25) is 0 Å². The molecular weight excluding hydrogens is 315 g/mol. The molecule has 0 aliphatic rings. The lowest BCUT2D eigenvalue weighted by Gasteiger charge is -2.14. The van der Waals surface area contributed by atoms with Gasteiger partial charge in [-0.1, -0.05) is 5.92 Å². The van der Waals surface area contributed by atoms with Gasteiger partial charge in [-0.15, -0.1) is 6.42 Å². The van der Waals surface area contributed by atoms with Crippen molar-refractivity contribution in [3.05, 3.63) is 27.8 Å². The number of rotatable bonds is 4. The van der Waals surface area contributed by atoms with Gasteiger partial charge in [0.15, 0.2) is 0 Å². The Morgan fingerprint density at radius 3 is 2.69 bits per heavy atom. The molecule has 1 unspecified atom stereocenters. The third-order valence-electron chi connectivity index (χ3n) is 1.99. The molecule has 0 bridgehead atoms. The summed E-state index contributed by atoms with van der Waals surface area (Å²) in [5, 5.41) is 5.72. The summed E-state index contributed by atoms with van der Waals surface area (Å²) >= 11 is 2.23. The number of amides is 1. The van der Waals surface area contributed by atoms with Crippen LogP contribution in [0.5, 0.6) is 0 Å². The minimum absolute atomic E-state index is 0.100. The molecule has 0 spiro atoms. The van der Waals surface area contributed by atoms with E-state index in [-0.39, 0.29) is 18.5 Å². The van der Waals surface area contributed by atoms with Crippen molar-refractivity contribution in [2.75, 3.05) is 11.9 Å². The standard InChI is InChI=1S/C12H13IN2O/c1-3-8-14-12(16)9(2)15-11-6-4-10(13)5-7-11/h1,4-7,9,15H,8H2,2H3,(H,14,16). The zero-order chi connectivity index (χ0) is 12.0. The third-order valence-corrected chi connectivity index (χ3v) is 2.70. The van der Waals surface area contributed by atoms with Crippen LogP contribution < -0.4 is 10.6 Å². The van der Waals surface area contributed by atoms with Gasteiger partial charge in [-0.3, -0.25) is 4.79 Å². The highest BCUT2D eigenvalue weighted by Gasteiger charge is 2.10. The Kier molecular flexibility index (Phi) is 5.12. The second-order valence-electron chi connectivity index (χ2n) is 3.29. The Balaban J connectivity index is 2.51. The number of benzene rings is 1. The zero-order valence-corrected chi connectivity index (χ0v) is 11.1. The molecule has 0 aliphatic carbocycles. The predicted molar refractivity (Wildman–Crippen MR) is 74.1 cm³/mol. The first-order valence-electron chi connectivity index (χ1n) is 4.86. The molecule has 0 aliphatic heterocycles. The number of terminal acetylenes is 1. The first kappa shape index (κ1) is 12.8. The van der Waals surface area contributed by atoms with Gasteiger partial charge < -0.3 is 10.6 Å². The van der Waals surface area contributed by atoms with E-state index in [0.717, 1.165) is 9.26 Å². The quantitative estimate of drug-likeness (QED) is 0.654. The Hall–Kier alpha value is -1.22. The van der Waals surface area contributed by atoms with E-state index in [0.29, 0.717) is 0 Å². The smallest absolute Gasteiger partial charge is 0.242 e. The molecule has 0 saturated heterocycles. The molecule has 1 amide bonds. The van der Waals surface area contributed by atoms with Crippen molar-refractivity contribution < 1.29 is 4.79 Å². The lowest BCUT2D eigenvalue weighted by molar-refractivity contribution is -0.121. The molecule has 0 radical (unpaired) electrons. The molecule has 1 aromatic rings. The van der Waals surface area contributed by atoms with E-state index >= 15 is 0 Å². The average Bonchev–Trinajstić information content (AvgIpc) is 2.29.